The van der Waals surface area contributed by atoms with Crippen molar-refractivity contribution >= 4 is 11.6 Å². The molecule has 0 spiro atoms. The molecule has 2 fully saturated rings. The molecular formula is C23H21F4N3O2. The van der Waals surface area contributed by atoms with Crippen LogP contribution in [0.4, 0.5) is 23.2 Å². The number of aliphatic hydroxyl groups excluding tert-OH is 1. The van der Waals surface area contributed by atoms with Crippen molar-refractivity contribution in [3.8, 4) is 6.07 Å². The van der Waals surface area contributed by atoms with Gasteiger partial charge in [0, 0.05) is 48.8 Å². The van der Waals surface area contributed by atoms with Crippen LogP contribution in [0.25, 0.3) is 0 Å². The van der Waals surface area contributed by atoms with Crippen LogP contribution in [0.1, 0.15) is 27.9 Å². The Morgan fingerprint density at radius 1 is 1.22 bits per heavy atom. The Morgan fingerprint density at radius 2 is 2.00 bits per heavy atom. The molecule has 2 atom stereocenters. The van der Waals surface area contributed by atoms with Crippen molar-refractivity contribution < 1.29 is 27.5 Å². The van der Waals surface area contributed by atoms with Crippen molar-refractivity contribution in [1.82, 2.24) is 4.90 Å². The van der Waals surface area contributed by atoms with E-state index >= 15 is 0 Å². The quantitative estimate of drug-likeness (QED) is 0.729. The maximum absolute atomic E-state index is 13.5. The van der Waals surface area contributed by atoms with Crippen LogP contribution in [0.5, 0.6) is 0 Å². The summed E-state index contributed by atoms with van der Waals surface area (Å²) in [4.78, 5) is 16.3. The van der Waals surface area contributed by atoms with Gasteiger partial charge in [-0.2, -0.15) is 18.4 Å². The van der Waals surface area contributed by atoms with Gasteiger partial charge in [-0.15, -0.1) is 0 Å². The summed E-state index contributed by atoms with van der Waals surface area (Å²) in [7, 11) is 0. The maximum atomic E-state index is 13.5. The van der Waals surface area contributed by atoms with Crippen LogP contribution in [0.2, 0.25) is 0 Å². The Balaban J connectivity index is 1.57. The number of benzene rings is 2. The number of fused-ring (bicyclic) bond motifs is 1. The Bertz CT molecular complexity index is 1080. The molecule has 0 radical (unpaired) electrons. The number of nitrogens with zero attached hydrogens (tertiary/aromatic N) is 3. The molecule has 2 aliphatic rings. The van der Waals surface area contributed by atoms with Crippen LogP contribution < -0.4 is 4.90 Å². The first-order valence-corrected chi connectivity index (χ1v) is 10.2. The highest BCUT2D eigenvalue weighted by Gasteiger charge is 2.50. The van der Waals surface area contributed by atoms with Crippen molar-refractivity contribution in [2.24, 2.45) is 11.3 Å². The van der Waals surface area contributed by atoms with Crippen LogP contribution in [0.15, 0.2) is 42.5 Å². The number of carbonyl (C=O) groups is 1. The first-order valence-electron chi connectivity index (χ1n) is 10.2. The van der Waals surface area contributed by atoms with Crippen LogP contribution in [0, 0.1) is 28.5 Å². The molecule has 9 heteroatoms. The zero-order valence-electron chi connectivity index (χ0n) is 17.1. The van der Waals surface area contributed by atoms with Gasteiger partial charge < -0.3 is 14.9 Å². The highest BCUT2D eigenvalue weighted by atomic mass is 19.4. The highest BCUT2D eigenvalue weighted by Crippen LogP contribution is 2.44. The summed E-state index contributed by atoms with van der Waals surface area (Å²) in [6, 6.07) is 10.6. The Hall–Kier alpha value is -3.12. The number of carbonyl (C=O) groups excluding carboxylic acids is 1. The summed E-state index contributed by atoms with van der Waals surface area (Å²) < 4.78 is 53.7. The number of piperidine rings is 1. The van der Waals surface area contributed by atoms with E-state index in [2.05, 4.69) is 0 Å². The van der Waals surface area contributed by atoms with Crippen LogP contribution in [-0.4, -0.2) is 48.7 Å². The summed E-state index contributed by atoms with van der Waals surface area (Å²) >= 11 is 0. The molecule has 2 aliphatic heterocycles. The SMILES string of the molecule is N#Cc1ccc(N2CC[C@@]3(CO)CN(C(=O)c4cccc(F)c4)C[C@H]3C2)cc1C(F)(F)F. The van der Waals surface area contributed by atoms with Gasteiger partial charge in [0.25, 0.3) is 5.91 Å². The molecule has 2 aromatic carbocycles. The summed E-state index contributed by atoms with van der Waals surface area (Å²) in [5, 5.41) is 19.2. The third kappa shape index (κ3) is 3.91. The monoisotopic (exact) mass is 447 g/mol. The molecule has 1 N–H and O–H groups in total. The Morgan fingerprint density at radius 3 is 2.66 bits per heavy atom. The van der Waals surface area contributed by atoms with Crippen molar-refractivity contribution in [1.29, 1.82) is 5.26 Å². The number of anilines is 1. The van der Waals surface area contributed by atoms with Gasteiger partial charge in [0.2, 0.25) is 0 Å². The van der Waals surface area contributed by atoms with Crippen LogP contribution in [0.3, 0.4) is 0 Å². The normalized spacial score (nSPS) is 23.1. The third-order valence-corrected chi connectivity index (χ3v) is 6.60. The van der Waals surface area contributed by atoms with Gasteiger partial charge in [0.15, 0.2) is 0 Å². The minimum atomic E-state index is -4.65. The highest BCUT2D eigenvalue weighted by molar-refractivity contribution is 5.94. The molecule has 0 aromatic heterocycles. The van der Waals surface area contributed by atoms with Gasteiger partial charge in [0.05, 0.1) is 23.8 Å². The number of alkyl halides is 3. The number of rotatable bonds is 3. The fourth-order valence-corrected chi connectivity index (χ4v) is 4.80. The van der Waals surface area contributed by atoms with Crippen molar-refractivity contribution in [2.45, 2.75) is 12.6 Å². The largest absolute Gasteiger partial charge is 0.417 e. The zero-order chi connectivity index (χ0) is 23.1. The summed E-state index contributed by atoms with van der Waals surface area (Å²) in [5.74, 6) is -1.02. The van der Waals surface area contributed by atoms with E-state index in [1.54, 1.807) is 15.9 Å². The first kappa shape index (κ1) is 22.1. The number of halogens is 4. The summed E-state index contributed by atoms with van der Waals surface area (Å²) in [5.41, 5.74) is -1.41. The second-order valence-corrected chi connectivity index (χ2v) is 8.45. The average molecular weight is 447 g/mol. The van der Waals surface area contributed by atoms with Gasteiger partial charge in [-0.3, -0.25) is 4.79 Å². The zero-order valence-corrected chi connectivity index (χ0v) is 17.1. The van der Waals surface area contributed by atoms with Crippen LogP contribution >= 0.6 is 0 Å². The third-order valence-electron chi connectivity index (χ3n) is 6.60. The molecule has 2 aromatic rings. The Kier molecular flexibility index (Phi) is 5.59. The van der Waals surface area contributed by atoms with E-state index in [1.165, 1.54) is 30.3 Å². The number of likely N-dealkylation sites (tertiary alicyclic amines) is 1. The maximum Gasteiger partial charge on any atom is 0.417 e. The number of amides is 1. The summed E-state index contributed by atoms with van der Waals surface area (Å²) in [6.45, 7) is 1.23. The molecule has 0 bridgehead atoms. The van der Waals surface area contributed by atoms with Gasteiger partial charge in [-0.05, 0) is 42.8 Å². The molecular weight excluding hydrogens is 426 g/mol. The minimum absolute atomic E-state index is 0.153. The second-order valence-electron chi connectivity index (χ2n) is 8.45. The standard InChI is InChI=1S/C23H21F4N3O2/c24-18-3-1-2-15(8-18)21(32)30-12-17-11-29(7-6-22(17,13-30)14-31)19-5-4-16(10-28)20(9-19)23(25,26)27/h1-5,8-9,17,31H,6-7,11-14H2/t17-,22+/m1/s1. The van der Waals surface area contributed by atoms with Gasteiger partial charge in [-0.25, -0.2) is 4.39 Å². The van der Waals surface area contributed by atoms with Crippen molar-refractivity contribution in [3.63, 3.8) is 0 Å². The van der Waals surface area contributed by atoms with Gasteiger partial charge in [0.1, 0.15) is 5.82 Å². The lowest BCUT2D eigenvalue weighted by atomic mass is 9.73. The van der Waals surface area contributed by atoms with E-state index in [9.17, 15) is 27.5 Å². The fourth-order valence-electron chi connectivity index (χ4n) is 4.80. The topological polar surface area (TPSA) is 67.6 Å². The second kappa shape index (κ2) is 8.10. The van der Waals surface area contributed by atoms with E-state index in [0.29, 0.717) is 38.3 Å². The number of hydrogen-bond donors (Lipinski definition) is 1. The lowest BCUT2D eigenvalue weighted by Gasteiger charge is -2.43. The molecule has 0 aliphatic carbocycles. The Labute approximate surface area is 182 Å². The number of hydrogen-bond acceptors (Lipinski definition) is 4. The van der Waals surface area contributed by atoms with Gasteiger partial charge in [-0.1, -0.05) is 6.07 Å². The van der Waals surface area contributed by atoms with Gasteiger partial charge >= 0.3 is 6.18 Å². The predicted molar refractivity (Wildman–Crippen MR) is 108 cm³/mol. The van der Waals surface area contributed by atoms with E-state index in [4.69, 9.17) is 5.26 Å². The molecule has 5 nitrogen and oxygen atoms in total. The number of nitriles is 1. The van der Waals surface area contributed by atoms with Crippen molar-refractivity contribution in [3.05, 3.63) is 65.0 Å². The minimum Gasteiger partial charge on any atom is -0.396 e. The molecule has 2 saturated heterocycles. The first-order chi connectivity index (χ1) is 15.2. The lowest BCUT2D eigenvalue weighted by molar-refractivity contribution is -0.137. The average Bonchev–Trinajstić information content (AvgIpc) is 3.17. The van der Waals surface area contributed by atoms with E-state index < -0.39 is 28.5 Å². The van der Waals surface area contributed by atoms with Crippen LogP contribution in [-0.2, 0) is 6.18 Å². The molecule has 32 heavy (non-hydrogen) atoms. The number of aliphatic hydroxyl groups is 1. The smallest absolute Gasteiger partial charge is 0.396 e. The summed E-state index contributed by atoms with van der Waals surface area (Å²) in [6.07, 6.45) is -4.16. The molecule has 168 valence electrons. The molecule has 1 amide bonds. The van der Waals surface area contributed by atoms with E-state index in [-0.39, 0.29) is 24.0 Å². The molecule has 2 heterocycles. The van der Waals surface area contributed by atoms with E-state index in [1.807, 2.05) is 0 Å². The molecule has 0 unspecified atom stereocenters. The lowest BCUT2D eigenvalue weighted by Crippen LogP contribution is -2.49. The molecule has 0 saturated carbocycles. The fraction of sp³-hybridized carbons (Fsp3) is 0.391. The molecule has 4 rings (SSSR count). The van der Waals surface area contributed by atoms with E-state index in [0.717, 1.165) is 12.1 Å². The van der Waals surface area contributed by atoms with Crippen molar-refractivity contribution in [2.75, 3.05) is 37.7 Å². The predicted octanol–water partition coefficient (Wildman–Crippen LogP) is 3.68.